The number of hydrogen-bond donors (Lipinski definition) is 1. The lowest BCUT2D eigenvalue weighted by Gasteiger charge is -2.22. The molecule has 2 N–H and O–H groups in total. The largest absolute Gasteiger partial charge is 0.415 e. The number of hydrogen-bond acceptors (Lipinski definition) is 4. The highest BCUT2D eigenvalue weighted by Gasteiger charge is 2.53. The molecule has 1 aromatic heterocycles. The summed E-state index contributed by atoms with van der Waals surface area (Å²) in [6.07, 6.45) is -3.41. The van der Waals surface area contributed by atoms with Gasteiger partial charge in [0.25, 0.3) is 5.89 Å². The highest BCUT2D eigenvalue weighted by atomic mass is 19.4. The highest BCUT2D eigenvalue weighted by Crippen LogP contribution is 2.35. The number of rotatable bonds is 3. The molecule has 0 aliphatic heterocycles. The van der Waals surface area contributed by atoms with Crippen LogP contribution in [0.5, 0.6) is 0 Å². The minimum atomic E-state index is -4.61. The molecule has 0 bridgehead atoms. The minimum absolute atomic E-state index is 0.244. The third-order valence-electron chi connectivity index (χ3n) is 1.97. The first-order valence-corrected chi connectivity index (χ1v) is 4.47. The van der Waals surface area contributed by atoms with Crippen molar-refractivity contribution in [1.82, 2.24) is 10.1 Å². The molecule has 86 valence electrons. The molecular formula is C8H12F3N3O. The molecule has 0 fully saturated rings. The van der Waals surface area contributed by atoms with Gasteiger partial charge < -0.3 is 10.3 Å². The number of aryl methyl sites for hydroxylation is 1. The monoisotopic (exact) mass is 223 g/mol. The molecular weight excluding hydrogens is 211 g/mol. The van der Waals surface area contributed by atoms with Crippen molar-refractivity contribution >= 4 is 0 Å². The van der Waals surface area contributed by atoms with E-state index in [-0.39, 0.29) is 5.82 Å². The lowest BCUT2D eigenvalue weighted by atomic mass is 10.0. The van der Waals surface area contributed by atoms with Crippen LogP contribution in [0.4, 0.5) is 13.2 Å². The van der Waals surface area contributed by atoms with E-state index in [1.807, 2.05) is 6.92 Å². The first-order valence-electron chi connectivity index (χ1n) is 4.47. The van der Waals surface area contributed by atoms with Crippen molar-refractivity contribution in [1.29, 1.82) is 0 Å². The fourth-order valence-electron chi connectivity index (χ4n) is 0.911. The number of nitrogens with zero attached hydrogens (tertiary/aromatic N) is 2. The van der Waals surface area contributed by atoms with Gasteiger partial charge in [-0.3, -0.25) is 0 Å². The topological polar surface area (TPSA) is 64.9 Å². The number of halogens is 3. The minimum Gasteiger partial charge on any atom is -0.337 e. The van der Waals surface area contributed by atoms with Crippen LogP contribution in [-0.4, -0.2) is 16.3 Å². The second kappa shape index (κ2) is 3.80. The summed E-state index contributed by atoms with van der Waals surface area (Å²) in [5.74, 6) is -0.355. The lowest BCUT2D eigenvalue weighted by molar-refractivity contribution is -0.190. The maximum absolute atomic E-state index is 12.5. The van der Waals surface area contributed by atoms with Gasteiger partial charge in [0.1, 0.15) is 0 Å². The first-order chi connectivity index (χ1) is 6.79. The number of aromatic nitrogens is 2. The molecule has 0 aliphatic carbocycles. The first kappa shape index (κ1) is 12.0. The Hall–Kier alpha value is -1.11. The average Bonchev–Trinajstić information content (AvgIpc) is 2.51. The van der Waals surface area contributed by atoms with Crippen LogP contribution < -0.4 is 5.73 Å². The van der Waals surface area contributed by atoms with E-state index in [2.05, 4.69) is 14.7 Å². The molecule has 4 nitrogen and oxygen atoms in total. The molecule has 0 radical (unpaired) electrons. The van der Waals surface area contributed by atoms with Gasteiger partial charge in [-0.1, -0.05) is 12.1 Å². The maximum Gasteiger partial charge on any atom is 0.415 e. The lowest BCUT2D eigenvalue weighted by Crippen LogP contribution is -2.48. The summed E-state index contributed by atoms with van der Waals surface area (Å²) in [4.78, 5) is 3.62. The van der Waals surface area contributed by atoms with Crippen LogP contribution in [0, 0.1) is 0 Å². The van der Waals surface area contributed by atoms with E-state index in [9.17, 15) is 13.2 Å². The van der Waals surface area contributed by atoms with Crippen LogP contribution in [0.1, 0.15) is 32.0 Å². The Kier molecular flexibility index (Phi) is 3.03. The van der Waals surface area contributed by atoms with Crippen LogP contribution in [0.15, 0.2) is 4.52 Å². The molecule has 15 heavy (non-hydrogen) atoms. The van der Waals surface area contributed by atoms with Gasteiger partial charge in [-0.2, -0.15) is 18.2 Å². The van der Waals surface area contributed by atoms with E-state index in [0.29, 0.717) is 6.42 Å². The smallest absolute Gasteiger partial charge is 0.337 e. The van der Waals surface area contributed by atoms with E-state index < -0.39 is 17.6 Å². The summed E-state index contributed by atoms with van der Waals surface area (Å²) in [6.45, 7) is 2.66. The SMILES string of the molecule is CCCc1noc(C(C)(N)C(F)(F)F)n1. The Bertz CT molecular complexity index is 332. The summed E-state index contributed by atoms with van der Waals surface area (Å²) in [5, 5.41) is 3.42. The third-order valence-corrected chi connectivity index (χ3v) is 1.97. The molecule has 1 atom stereocenters. The zero-order chi connectivity index (χ0) is 11.7. The Morgan fingerprint density at radius 1 is 1.40 bits per heavy atom. The molecule has 0 saturated carbocycles. The van der Waals surface area contributed by atoms with Crippen molar-refractivity contribution < 1.29 is 17.7 Å². The molecule has 7 heteroatoms. The van der Waals surface area contributed by atoms with Crippen LogP contribution in [-0.2, 0) is 12.0 Å². The molecule has 0 saturated heterocycles. The molecule has 1 heterocycles. The molecule has 0 aliphatic rings. The van der Waals surface area contributed by atoms with Crippen molar-refractivity contribution in [3.8, 4) is 0 Å². The summed E-state index contributed by atoms with van der Waals surface area (Å²) in [5.41, 5.74) is 2.51. The van der Waals surface area contributed by atoms with Crippen molar-refractivity contribution in [3.05, 3.63) is 11.7 Å². The van der Waals surface area contributed by atoms with Crippen molar-refractivity contribution in [2.24, 2.45) is 5.73 Å². The van der Waals surface area contributed by atoms with Crippen LogP contribution >= 0.6 is 0 Å². The average molecular weight is 223 g/mol. The normalized spacial score (nSPS) is 16.4. The Labute approximate surface area is 84.6 Å². The number of nitrogens with two attached hydrogens (primary N) is 1. The van der Waals surface area contributed by atoms with E-state index in [1.165, 1.54) is 0 Å². The van der Waals surface area contributed by atoms with Crippen LogP contribution in [0.2, 0.25) is 0 Å². The standard InChI is InChI=1S/C8H12F3N3O/c1-3-4-5-13-6(15-14-5)7(2,12)8(9,10)11/h3-4,12H2,1-2H3. The van der Waals surface area contributed by atoms with Crippen LogP contribution in [0.25, 0.3) is 0 Å². The third kappa shape index (κ3) is 2.28. The Morgan fingerprint density at radius 2 is 2.00 bits per heavy atom. The second-order valence-corrected chi connectivity index (χ2v) is 3.47. The van der Waals surface area contributed by atoms with E-state index in [0.717, 1.165) is 13.3 Å². The second-order valence-electron chi connectivity index (χ2n) is 3.47. The van der Waals surface area contributed by atoms with Gasteiger partial charge >= 0.3 is 6.18 Å². The van der Waals surface area contributed by atoms with Gasteiger partial charge in [0.15, 0.2) is 11.4 Å². The predicted molar refractivity (Wildman–Crippen MR) is 45.9 cm³/mol. The summed E-state index contributed by atoms with van der Waals surface area (Å²) in [7, 11) is 0. The Balaban J connectivity index is 2.95. The van der Waals surface area contributed by atoms with Crippen molar-refractivity contribution in [2.75, 3.05) is 0 Å². The van der Waals surface area contributed by atoms with Gasteiger partial charge in [-0.05, 0) is 13.3 Å². The van der Waals surface area contributed by atoms with Crippen molar-refractivity contribution in [3.63, 3.8) is 0 Å². The van der Waals surface area contributed by atoms with Crippen LogP contribution in [0.3, 0.4) is 0 Å². The summed E-state index contributed by atoms with van der Waals surface area (Å²) >= 11 is 0. The molecule has 0 amide bonds. The van der Waals surface area contributed by atoms with E-state index in [4.69, 9.17) is 5.73 Å². The zero-order valence-corrected chi connectivity index (χ0v) is 8.43. The fourth-order valence-corrected chi connectivity index (χ4v) is 0.911. The quantitative estimate of drug-likeness (QED) is 0.847. The molecule has 1 rings (SSSR count). The molecule has 0 spiro atoms. The molecule has 1 unspecified atom stereocenters. The van der Waals surface area contributed by atoms with Gasteiger partial charge in [0.05, 0.1) is 0 Å². The van der Waals surface area contributed by atoms with Gasteiger partial charge in [-0.25, -0.2) is 0 Å². The fraction of sp³-hybridized carbons (Fsp3) is 0.750. The van der Waals surface area contributed by atoms with Gasteiger partial charge in [-0.15, -0.1) is 0 Å². The predicted octanol–water partition coefficient (Wildman–Crippen LogP) is 1.76. The zero-order valence-electron chi connectivity index (χ0n) is 8.43. The number of alkyl halides is 3. The van der Waals surface area contributed by atoms with Crippen molar-refractivity contribution in [2.45, 2.75) is 38.4 Å². The summed E-state index contributed by atoms with van der Waals surface area (Å²) < 4.78 is 41.9. The van der Waals surface area contributed by atoms with Gasteiger partial charge in [0.2, 0.25) is 0 Å². The summed E-state index contributed by atoms with van der Waals surface area (Å²) in [6, 6.07) is 0. The maximum atomic E-state index is 12.5. The highest BCUT2D eigenvalue weighted by molar-refractivity contribution is 5.04. The Morgan fingerprint density at radius 3 is 2.47 bits per heavy atom. The van der Waals surface area contributed by atoms with Gasteiger partial charge in [0, 0.05) is 6.42 Å². The molecule has 1 aromatic rings. The van der Waals surface area contributed by atoms with E-state index >= 15 is 0 Å². The van der Waals surface area contributed by atoms with E-state index in [1.54, 1.807) is 0 Å². The molecule has 0 aromatic carbocycles.